The fourth-order valence-electron chi connectivity index (χ4n) is 4.65. The largest absolute Gasteiger partial charge is 0.759 e. The molecule has 2 aromatic rings. The number of benzene rings is 2. The van der Waals surface area contributed by atoms with Gasteiger partial charge in [-0.3, -0.25) is 19.2 Å². The Hall–Kier alpha value is -3.15. The zero-order chi connectivity index (χ0) is 27.3. The molecule has 2 aromatic carbocycles. The molecule has 0 amide bonds. The quantitative estimate of drug-likeness (QED) is 0.201. The van der Waals surface area contributed by atoms with Crippen molar-refractivity contribution in [2.75, 3.05) is 26.2 Å². The summed E-state index contributed by atoms with van der Waals surface area (Å²) in [5.74, 6) is 1.94. The van der Waals surface area contributed by atoms with E-state index < -0.39 is 10.4 Å². The third-order valence-electron chi connectivity index (χ3n) is 6.64. The summed E-state index contributed by atoms with van der Waals surface area (Å²) in [4.78, 5) is 3.92. The zero-order valence-corrected chi connectivity index (χ0v) is 21.9. The van der Waals surface area contributed by atoms with E-state index in [1.54, 1.807) is 0 Å². The first kappa shape index (κ1) is 30.1. The number of rotatable bonds is 4. The molecular weight excluding hydrogens is 492 g/mol. The molecule has 0 spiro atoms. The van der Waals surface area contributed by atoms with E-state index in [0.717, 1.165) is 76.5 Å². The summed E-state index contributed by atoms with van der Waals surface area (Å²) < 4.78 is 34.1. The maximum absolute atomic E-state index is 8.52. The lowest BCUT2D eigenvalue weighted by molar-refractivity contribution is 0.262. The average molecular weight is 531 g/mol. The fourth-order valence-corrected chi connectivity index (χ4v) is 4.65. The smallest absolute Gasteiger partial charge is 0.188 e. The maximum Gasteiger partial charge on any atom is 0.188 e. The topological polar surface area (TPSA) is 186 Å². The molecule has 6 N–H and O–H groups in total. The van der Waals surface area contributed by atoms with Gasteiger partial charge in [0.05, 0.1) is 0 Å². The molecule has 37 heavy (non-hydrogen) atoms. The first-order chi connectivity index (χ1) is 17.5. The van der Waals surface area contributed by atoms with Crippen LogP contribution in [0.4, 0.5) is 0 Å². The van der Waals surface area contributed by atoms with E-state index in [9.17, 15) is 0 Å². The van der Waals surface area contributed by atoms with Crippen molar-refractivity contribution < 1.29 is 17.5 Å². The normalized spacial score (nSPS) is 16.6. The van der Waals surface area contributed by atoms with Crippen LogP contribution in [0.2, 0.25) is 0 Å². The van der Waals surface area contributed by atoms with Gasteiger partial charge < -0.3 is 30.4 Å². The summed E-state index contributed by atoms with van der Waals surface area (Å²) in [6, 6.07) is 21.3. The van der Waals surface area contributed by atoms with Gasteiger partial charge in [-0.05, 0) is 61.5 Å². The minimum atomic E-state index is -5.17. The van der Waals surface area contributed by atoms with E-state index >= 15 is 0 Å². The van der Waals surface area contributed by atoms with Crippen molar-refractivity contribution in [1.82, 2.24) is 9.80 Å². The number of hydrogen-bond acceptors (Lipinski definition) is 6. The van der Waals surface area contributed by atoms with Crippen LogP contribution in [0.3, 0.4) is 0 Å². The molecule has 2 saturated heterocycles. The highest BCUT2D eigenvalue weighted by Crippen LogP contribution is 2.22. The standard InChI is InChI=1S/2C13H19N3.H2O4S/c2*14-13(15)16-8-6-12(7-9-16)10-11-4-2-1-3-5-11;1-5(2,3)4/h2*1-5,12H,6-10H2,(H3,14,15);(H2,1,2,3,4)/p-2. The average Bonchev–Trinajstić information content (AvgIpc) is 2.85. The monoisotopic (exact) mass is 530 g/mol. The molecule has 2 fully saturated rings. The van der Waals surface area contributed by atoms with Gasteiger partial charge in [0, 0.05) is 36.6 Å². The van der Waals surface area contributed by atoms with E-state index in [4.69, 9.17) is 39.8 Å². The first-order valence-corrected chi connectivity index (χ1v) is 13.8. The SMILES string of the molecule is N=C(N)N1CCC(Cc2ccccc2)CC1.N=C(N)N1CCC(Cc2ccccc2)CC1.O=S(=O)([O-])[O-]. The van der Waals surface area contributed by atoms with Crippen molar-refractivity contribution >= 4 is 22.3 Å². The van der Waals surface area contributed by atoms with Crippen LogP contribution >= 0.6 is 0 Å². The van der Waals surface area contributed by atoms with E-state index in [1.807, 2.05) is 9.80 Å². The highest BCUT2D eigenvalue weighted by Gasteiger charge is 2.20. The van der Waals surface area contributed by atoms with Crippen LogP contribution < -0.4 is 11.5 Å². The lowest BCUT2D eigenvalue weighted by atomic mass is 9.90. The maximum atomic E-state index is 8.52. The van der Waals surface area contributed by atoms with Crippen molar-refractivity contribution in [2.24, 2.45) is 23.3 Å². The van der Waals surface area contributed by atoms with Gasteiger partial charge in [0.1, 0.15) is 0 Å². The zero-order valence-electron chi connectivity index (χ0n) is 21.1. The van der Waals surface area contributed by atoms with Crippen LogP contribution in [0.15, 0.2) is 60.7 Å². The highest BCUT2D eigenvalue weighted by molar-refractivity contribution is 7.79. The van der Waals surface area contributed by atoms with Crippen LogP contribution in [-0.2, 0) is 23.2 Å². The number of hydrogen-bond donors (Lipinski definition) is 4. The molecule has 0 bridgehead atoms. The molecule has 0 aromatic heterocycles. The van der Waals surface area contributed by atoms with Gasteiger partial charge in [-0.2, -0.15) is 0 Å². The molecule has 2 aliphatic heterocycles. The Morgan fingerprint density at radius 2 is 0.973 bits per heavy atom. The molecule has 204 valence electrons. The van der Waals surface area contributed by atoms with Crippen molar-refractivity contribution in [1.29, 1.82) is 10.8 Å². The number of guanidine groups is 2. The number of nitrogens with one attached hydrogen (secondary N) is 2. The minimum Gasteiger partial charge on any atom is -0.759 e. The fraction of sp³-hybridized carbons (Fsp3) is 0.462. The Morgan fingerprint density at radius 1 is 0.703 bits per heavy atom. The van der Waals surface area contributed by atoms with E-state index in [2.05, 4.69) is 60.7 Å². The lowest BCUT2D eigenvalue weighted by Crippen LogP contribution is -2.42. The summed E-state index contributed by atoms with van der Waals surface area (Å²) in [6.07, 6.45) is 6.91. The number of nitrogens with two attached hydrogens (primary N) is 2. The molecule has 2 heterocycles. The van der Waals surface area contributed by atoms with E-state index in [-0.39, 0.29) is 11.9 Å². The molecule has 11 heteroatoms. The predicted molar refractivity (Wildman–Crippen MR) is 143 cm³/mol. The molecule has 0 radical (unpaired) electrons. The van der Waals surface area contributed by atoms with Gasteiger partial charge in [-0.15, -0.1) is 0 Å². The summed E-state index contributed by atoms with van der Waals surface area (Å²) in [5.41, 5.74) is 13.8. The minimum absolute atomic E-state index is 0.221. The summed E-state index contributed by atoms with van der Waals surface area (Å²) in [5, 5.41) is 14.8. The van der Waals surface area contributed by atoms with Gasteiger partial charge in [0.15, 0.2) is 11.9 Å². The molecule has 0 saturated carbocycles. The number of likely N-dealkylation sites (tertiary alicyclic amines) is 2. The Balaban J connectivity index is 0.000000221. The number of nitrogens with zero attached hydrogens (tertiary/aromatic N) is 2. The van der Waals surface area contributed by atoms with Gasteiger partial charge >= 0.3 is 0 Å². The summed E-state index contributed by atoms with van der Waals surface area (Å²) >= 11 is 0. The first-order valence-electron chi connectivity index (χ1n) is 12.4. The summed E-state index contributed by atoms with van der Waals surface area (Å²) in [6.45, 7) is 3.75. The van der Waals surface area contributed by atoms with Crippen LogP contribution in [0.1, 0.15) is 36.8 Å². The summed E-state index contributed by atoms with van der Waals surface area (Å²) in [7, 11) is -5.17. The van der Waals surface area contributed by atoms with Crippen molar-refractivity contribution in [2.45, 2.75) is 38.5 Å². The van der Waals surface area contributed by atoms with Crippen molar-refractivity contribution in [3.05, 3.63) is 71.8 Å². The third-order valence-corrected chi connectivity index (χ3v) is 6.64. The molecule has 2 aliphatic rings. The van der Waals surface area contributed by atoms with Crippen LogP contribution in [-0.4, -0.2) is 65.4 Å². The predicted octanol–water partition coefficient (Wildman–Crippen LogP) is 2.33. The number of piperidine rings is 2. The second-order valence-electron chi connectivity index (χ2n) is 9.42. The molecular formula is C26H38N6O4S-2. The van der Waals surface area contributed by atoms with Crippen LogP contribution in [0.25, 0.3) is 0 Å². The molecule has 0 atom stereocenters. The van der Waals surface area contributed by atoms with Gasteiger partial charge in [-0.25, -0.2) is 0 Å². The third kappa shape index (κ3) is 13.1. The Kier molecular flexibility index (Phi) is 12.3. The highest BCUT2D eigenvalue weighted by atomic mass is 32.3. The second-order valence-corrected chi connectivity index (χ2v) is 10.2. The Morgan fingerprint density at radius 3 is 1.22 bits per heavy atom. The molecule has 0 aliphatic carbocycles. The van der Waals surface area contributed by atoms with Gasteiger partial charge in [0.25, 0.3) is 0 Å². The van der Waals surface area contributed by atoms with Crippen LogP contribution in [0, 0.1) is 22.7 Å². The van der Waals surface area contributed by atoms with Gasteiger partial charge in [-0.1, -0.05) is 60.7 Å². The molecule has 4 rings (SSSR count). The van der Waals surface area contributed by atoms with Crippen molar-refractivity contribution in [3.63, 3.8) is 0 Å². The Labute approximate surface area is 220 Å². The molecule has 10 nitrogen and oxygen atoms in total. The second kappa shape index (κ2) is 15.2. The van der Waals surface area contributed by atoms with E-state index in [1.165, 1.54) is 11.1 Å². The Bertz CT molecular complexity index is 973. The molecule has 0 unspecified atom stereocenters. The van der Waals surface area contributed by atoms with E-state index in [0.29, 0.717) is 0 Å². The van der Waals surface area contributed by atoms with Crippen LogP contribution in [0.5, 0.6) is 0 Å². The van der Waals surface area contributed by atoms with Crippen molar-refractivity contribution in [3.8, 4) is 0 Å². The van der Waals surface area contributed by atoms with Gasteiger partial charge in [0.2, 0.25) is 0 Å². The lowest BCUT2D eigenvalue weighted by Gasteiger charge is -2.32.